The van der Waals surface area contributed by atoms with E-state index in [9.17, 15) is 0 Å². The highest BCUT2D eigenvalue weighted by Gasteiger charge is 2.30. The van der Waals surface area contributed by atoms with Crippen molar-refractivity contribution in [3.8, 4) is 0 Å². The third-order valence-corrected chi connectivity index (χ3v) is 3.87. The Morgan fingerprint density at radius 2 is 2.24 bits per heavy atom. The average Bonchev–Trinajstić information content (AvgIpc) is 2.32. The van der Waals surface area contributed by atoms with E-state index in [1.165, 1.54) is 12.8 Å². The molecular formula is C13H26N2O2. The zero-order valence-electron chi connectivity index (χ0n) is 11.2. The highest BCUT2D eigenvalue weighted by molar-refractivity contribution is 4.82. The van der Waals surface area contributed by atoms with E-state index in [0.29, 0.717) is 6.10 Å². The van der Waals surface area contributed by atoms with E-state index in [4.69, 9.17) is 9.47 Å². The molecule has 1 saturated carbocycles. The molecule has 2 aliphatic rings. The number of hydrogen-bond donors (Lipinski definition) is 1. The SMILES string of the molecule is CCN1CCOC(COC2CC(CNC)C2)C1. The first kappa shape index (κ1) is 13.3. The summed E-state index contributed by atoms with van der Waals surface area (Å²) in [4.78, 5) is 2.43. The van der Waals surface area contributed by atoms with Crippen LogP contribution in [0.4, 0.5) is 0 Å². The molecule has 0 bridgehead atoms. The topological polar surface area (TPSA) is 33.7 Å². The first-order valence-electron chi connectivity index (χ1n) is 6.92. The van der Waals surface area contributed by atoms with Crippen molar-refractivity contribution in [1.29, 1.82) is 0 Å². The molecule has 1 aliphatic carbocycles. The number of likely N-dealkylation sites (N-methyl/N-ethyl adjacent to an activating group) is 1. The van der Waals surface area contributed by atoms with Gasteiger partial charge in [0.1, 0.15) is 0 Å². The second-order valence-electron chi connectivity index (χ2n) is 5.24. The third kappa shape index (κ3) is 3.91. The molecule has 1 N–H and O–H groups in total. The van der Waals surface area contributed by atoms with Crippen molar-refractivity contribution in [3.63, 3.8) is 0 Å². The van der Waals surface area contributed by atoms with E-state index in [1.807, 2.05) is 7.05 Å². The van der Waals surface area contributed by atoms with Gasteiger partial charge in [-0.05, 0) is 38.9 Å². The molecule has 0 spiro atoms. The molecule has 1 heterocycles. The lowest BCUT2D eigenvalue weighted by molar-refractivity contribution is -0.107. The number of hydrogen-bond acceptors (Lipinski definition) is 4. The Morgan fingerprint density at radius 1 is 1.41 bits per heavy atom. The summed E-state index contributed by atoms with van der Waals surface area (Å²) in [5.74, 6) is 0.824. The summed E-state index contributed by atoms with van der Waals surface area (Å²) >= 11 is 0. The number of nitrogens with zero attached hydrogens (tertiary/aromatic N) is 1. The van der Waals surface area contributed by atoms with Crippen LogP contribution in [0.1, 0.15) is 19.8 Å². The van der Waals surface area contributed by atoms with Crippen molar-refractivity contribution in [2.45, 2.75) is 32.0 Å². The third-order valence-electron chi connectivity index (χ3n) is 3.87. The van der Waals surface area contributed by atoms with Crippen LogP contribution in [0.2, 0.25) is 0 Å². The Morgan fingerprint density at radius 3 is 2.94 bits per heavy atom. The van der Waals surface area contributed by atoms with E-state index in [1.54, 1.807) is 0 Å². The van der Waals surface area contributed by atoms with E-state index in [2.05, 4.69) is 17.1 Å². The van der Waals surface area contributed by atoms with Gasteiger partial charge in [-0.15, -0.1) is 0 Å². The van der Waals surface area contributed by atoms with E-state index < -0.39 is 0 Å². The van der Waals surface area contributed by atoms with E-state index in [-0.39, 0.29) is 6.10 Å². The van der Waals surface area contributed by atoms with Crippen molar-refractivity contribution >= 4 is 0 Å². The summed E-state index contributed by atoms with van der Waals surface area (Å²) in [7, 11) is 2.02. The van der Waals surface area contributed by atoms with Crippen LogP contribution in [-0.2, 0) is 9.47 Å². The lowest BCUT2D eigenvalue weighted by Gasteiger charge is -2.37. The van der Waals surface area contributed by atoms with Gasteiger partial charge in [-0.25, -0.2) is 0 Å². The molecule has 4 heteroatoms. The molecule has 0 amide bonds. The van der Waals surface area contributed by atoms with Crippen molar-refractivity contribution in [2.24, 2.45) is 5.92 Å². The largest absolute Gasteiger partial charge is 0.375 e. The average molecular weight is 242 g/mol. The Kier molecular flexibility index (Phi) is 5.22. The maximum absolute atomic E-state index is 5.91. The lowest BCUT2D eigenvalue weighted by Crippen LogP contribution is -2.46. The molecule has 100 valence electrons. The monoisotopic (exact) mass is 242 g/mol. The Labute approximate surface area is 105 Å². The second kappa shape index (κ2) is 6.69. The maximum Gasteiger partial charge on any atom is 0.0935 e. The lowest BCUT2D eigenvalue weighted by atomic mass is 9.82. The van der Waals surface area contributed by atoms with Gasteiger partial charge in [-0.1, -0.05) is 6.92 Å². The van der Waals surface area contributed by atoms with Gasteiger partial charge in [0.05, 0.1) is 25.4 Å². The first-order chi connectivity index (χ1) is 8.31. The van der Waals surface area contributed by atoms with Crippen molar-refractivity contribution in [3.05, 3.63) is 0 Å². The zero-order chi connectivity index (χ0) is 12.1. The van der Waals surface area contributed by atoms with Gasteiger partial charge >= 0.3 is 0 Å². The Balaban J connectivity index is 1.56. The number of rotatable bonds is 6. The fourth-order valence-electron chi connectivity index (χ4n) is 2.68. The van der Waals surface area contributed by atoms with Crippen molar-refractivity contribution in [1.82, 2.24) is 10.2 Å². The van der Waals surface area contributed by atoms with Gasteiger partial charge < -0.3 is 14.8 Å². The number of morpholine rings is 1. The van der Waals surface area contributed by atoms with Gasteiger partial charge in [0.25, 0.3) is 0 Å². The van der Waals surface area contributed by atoms with Crippen molar-refractivity contribution in [2.75, 3.05) is 46.4 Å². The molecule has 17 heavy (non-hydrogen) atoms. The predicted octanol–water partition coefficient (Wildman–Crippen LogP) is 0.722. The van der Waals surface area contributed by atoms with Gasteiger partial charge in [0.2, 0.25) is 0 Å². The second-order valence-corrected chi connectivity index (χ2v) is 5.24. The van der Waals surface area contributed by atoms with Gasteiger partial charge in [0, 0.05) is 13.1 Å². The molecule has 0 aromatic carbocycles. The van der Waals surface area contributed by atoms with Crippen LogP contribution in [0.15, 0.2) is 0 Å². The quantitative estimate of drug-likeness (QED) is 0.744. The Hall–Kier alpha value is -0.160. The molecule has 0 radical (unpaired) electrons. The van der Waals surface area contributed by atoms with Crippen LogP contribution in [-0.4, -0.2) is 63.5 Å². The molecule has 1 aliphatic heterocycles. The molecule has 4 nitrogen and oxygen atoms in total. The Bertz CT molecular complexity index is 219. The summed E-state index contributed by atoms with van der Waals surface area (Å²) in [6.07, 6.45) is 3.19. The molecule has 2 rings (SSSR count). The van der Waals surface area contributed by atoms with Crippen LogP contribution in [0, 0.1) is 5.92 Å². The minimum absolute atomic E-state index is 0.284. The zero-order valence-corrected chi connectivity index (χ0v) is 11.2. The molecule has 1 atom stereocenters. The van der Waals surface area contributed by atoms with Crippen LogP contribution in [0.25, 0.3) is 0 Å². The van der Waals surface area contributed by atoms with Crippen LogP contribution < -0.4 is 5.32 Å². The molecule has 1 unspecified atom stereocenters. The standard InChI is InChI=1S/C13H26N2O2/c1-3-15-4-5-16-13(9-15)10-17-12-6-11(7-12)8-14-2/h11-14H,3-10H2,1-2H3. The first-order valence-corrected chi connectivity index (χ1v) is 6.92. The normalized spacial score (nSPS) is 34.6. The summed E-state index contributed by atoms with van der Waals surface area (Å²) in [6.45, 7) is 8.18. The highest BCUT2D eigenvalue weighted by atomic mass is 16.5. The summed E-state index contributed by atoms with van der Waals surface area (Å²) in [6, 6.07) is 0. The predicted molar refractivity (Wildman–Crippen MR) is 68.2 cm³/mol. The number of nitrogens with one attached hydrogen (secondary N) is 1. The van der Waals surface area contributed by atoms with Gasteiger partial charge in [0.15, 0.2) is 0 Å². The van der Waals surface area contributed by atoms with Gasteiger partial charge in [-0.3, -0.25) is 4.90 Å². The minimum Gasteiger partial charge on any atom is -0.375 e. The molecule has 0 aromatic rings. The van der Waals surface area contributed by atoms with Crippen LogP contribution >= 0.6 is 0 Å². The van der Waals surface area contributed by atoms with Crippen molar-refractivity contribution < 1.29 is 9.47 Å². The fourth-order valence-corrected chi connectivity index (χ4v) is 2.68. The van der Waals surface area contributed by atoms with Crippen LogP contribution in [0.5, 0.6) is 0 Å². The summed E-state index contributed by atoms with van der Waals surface area (Å²) < 4.78 is 11.6. The molecule has 2 fully saturated rings. The highest BCUT2D eigenvalue weighted by Crippen LogP contribution is 2.29. The van der Waals surface area contributed by atoms with Gasteiger partial charge in [-0.2, -0.15) is 0 Å². The maximum atomic E-state index is 5.91. The summed E-state index contributed by atoms with van der Waals surface area (Å²) in [5, 5.41) is 3.22. The summed E-state index contributed by atoms with van der Waals surface area (Å²) in [5.41, 5.74) is 0. The van der Waals surface area contributed by atoms with E-state index >= 15 is 0 Å². The van der Waals surface area contributed by atoms with Crippen LogP contribution in [0.3, 0.4) is 0 Å². The molecule has 1 saturated heterocycles. The fraction of sp³-hybridized carbons (Fsp3) is 1.00. The number of ether oxygens (including phenoxy) is 2. The van der Waals surface area contributed by atoms with E-state index in [0.717, 1.165) is 45.3 Å². The molecular weight excluding hydrogens is 216 g/mol. The minimum atomic E-state index is 0.284. The molecule has 0 aromatic heterocycles. The smallest absolute Gasteiger partial charge is 0.0935 e.